The van der Waals surface area contributed by atoms with E-state index in [0.29, 0.717) is 5.02 Å². The molecule has 0 aliphatic carbocycles. The highest BCUT2D eigenvalue weighted by molar-refractivity contribution is 6.37. The summed E-state index contributed by atoms with van der Waals surface area (Å²) in [6, 6.07) is 6.42. The van der Waals surface area contributed by atoms with Crippen LogP contribution in [0.25, 0.3) is 16.8 Å². The first-order valence-electron chi connectivity index (χ1n) is 8.21. The van der Waals surface area contributed by atoms with Crippen molar-refractivity contribution in [2.75, 3.05) is 18.0 Å². The summed E-state index contributed by atoms with van der Waals surface area (Å²) >= 11 is 6.64. The Bertz CT molecular complexity index is 911. The van der Waals surface area contributed by atoms with E-state index in [0.717, 1.165) is 58.9 Å². The third-order valence-electron chi connectivity index (χ3n) is 4.87. The van der Waals surface area contributed by atoms with Crippen molar-refractivity contribution in [2.24, 2.45) is 5.73 Å². The van der Waals surface area contributed by atoms with E-state index in [1.807, 2.05) is 6.92 Å². The molecular weight excluding hydrogens is 359 g/mol. The zero-order valence-corrected chi connectivity index (χ0v) is 16.1. The lowest BCUT2D eigenvalue weighted by molar-refractivity contribution is 0.451. The summed E-state index contributed by atoms with van der Waals surface area (Å²) < 4.78 is 7.84. The first-order valence-corrected chi connectivity index (χ1v) is 8.59. The number of fused-ring (bicyclic) bond motifs is 1. The molecule has 3 aromatic rings. The van der Waals surface area contributed by atoms with Gasteiger partial charge in [0.25, 0.3) is 0 Å². The Kier molecular flexibility index (Phi) is 4.75. The number of benzene rings is 1. The van der Waals surface area contributed by atoms with E-state index in [-0.39, 0.29) is 18.4 Å². The SMILES string of the molecule is Cc1cc(N2CCC(N)C2)c2onc(-n3c(C)ccc3C)c2c1Cl.Cl. The largest absolute Gasteiger partial charge is 0.367 e. The standard InChI is InChI=1S/C18H21ClN4O.ClH/c1-10-8-14(22-7-6-13(20)9-22)17-15(16(10)19)18(21-24-17)23-11(2)4-5-12(23)3;/h4-5,8,13H,6-7,9,20H2,1-3H3;1H. The number of hydrogen-bond donors (Lipinski definition) is 1. The van der Waals surface area contributed by atoms with Crippen LogP contribution in [0.2, 0.25) is 5.02 Å². The van der Waals surface area contributed by atoms with Gasteiger partial charge in [-0.3, -0.25) is 4.57 Å². The lowest BCUT2D eigenvalue weighted by Crippen LogP contribution is -2.26. The number of anilines is 1. The highest BCUT2D eigenvalue weighted by Gasteiger charge is 2.26. The Morgan fingerprint density at radius 3 is 2.52 bits per heavy atom. The Labute approximate surface area is 158 Å². The summed E-state index contributed by atoms with van der Waals surface area (Å²) in [5.74, 6) is 0.753. The maximum atomic E-state index is 6.64. The highest BCUT2D eigenvalue weighted by Crippen LogP contribution is 2.40. The average Bonchev–Trinajstić information content (AvgIpc) is 3.23. The molecule has 1 fully saturated rings. The van der Waals surface area contributed by atoms with Gasteiger partial charge in [0.2, 0.25) is 0 Å². The van der Waals surface area contributed by atoms with Crippen molar-refractivity contribution in [3.63, 3.8) is 0 Å². The van der Waals surface area contributed by atoms with E-state index in [1.54, 1.807) is 0 Å². The van der Waals surface area contributed by atoms with Crippen LogP contribution in [0.3, 0.4) is 0 Å². The van der Waals surface area contributed by atoms with Gasteiger partial charge in [0.05, 0.1) is 16.1 Å². The molecule has 0 bridgehead atoms. The van der Waals surface area contributed by atoms with Crippen LogP contribution >= 0.6 is 24.0 Å². The molecule has 0 saturated carbocycles. The molecule has 1 saturated heterocycles. The van der Waals surface area contributed by atoms with E-state index in [2.05, 4.69) is 46.7 Å². The molecule has 134 valence electrons. The van der Waals surface area contributed by atoms with Crippen LogP contribution in [0, 0.1) is 20.8 Å². The Morgan fingerprint density at radius 1 is 1.24 bits per heavy atom. The molecule has 7 heteroatoms. The second kappa shape index (κ2) is 6.56. The Balaban J connectivity index is 0.00000182. The van der Waals surface area contributed by atoms with Crippen molar-refractivity contribution in [2.45, 2.75) is 33.2 Å². The molecule has 0 amide bonds. The zero-order chi connectivity index (χ0) is 17.0. The van der Waals surface area contributed by atoms with E-state index in [9.17, 15) is 0 Å². The van der Waals surface area contributed by atoms with Gasteiger partial charge in [-0.2, -0.15) is 0 Å². The number of halogens is 2. The molecule has 1 atom stereocenters. The van der Waals surface area contributed by atoms with E-state index < -0.39 is 0 Å². The predicted octanol–water partition coefficient (Wildman–Crippen LogP) is 4.16. The molecule has 1 unspecified atom stereocenters. The van der Waals surface area contributed by atoms with Gasteiger partial charge in [-0.05, 0) is 51.0 Å². The van der Waals surface area contributed by atoms with Gasteiger partial charge in [0.1, 0.15) is 0 Å². The van der Waals surface area contributed by atoms with Gasteiger partial charge < -0.3 is 15.2 Å². The fourth-order valence-corrected chi connectivity index (χ4v) is 3.81. The van der Waals surface area contributed by atoms with Gasteiger partial charge in [0, 0.05) is 30.5 Å². The number of hydrogen-bond acceptors (Lipinski definition) is 4. The average molecular weight is 381 g/mol. The maximum Gasteiger partial charge on any atom is 0.193 e. The van der Waals surface area contributed by atoms with Crippen LogP contribution in [0.1, 0.15) is 23.4 Å². The third kappa shape index (κ3) is 2.80. The van der Waals surface area contributed by atoms with Crippen LogP contribution < -0.4 is 10.6 Å². The molecule has 2 aromatic heterocycles. The number of nitrogens with two attached hydrogens (primary N) is 1. The van der Waals surface area contributed by atoms with E-state index in [1.165, 1.54) is 0 Å². The van der Waals surface area contributed by atoms with Gasteiger partial charge in [-0.15, -0.1) is 12.4 Å². The lowest BCUT2D eigenvalue weighted by atomic mass is 10.1. The molecule has 4 rings (SSSR count). The van der Waals surface area contributed by atoms with Gasteiger partial charge in [0.15, 0.2) is 11.4 Å². The molecule has 0 radical (unpaired) electrons. The summed E-state index contributed by atoms with van der Waals surface area (Å²) in [5, 5.41) is 5.92. The number of aryl methyl sites for hydroxylation is 3. The molecule has 2 N–H and O–H groups in total. The second-order valence-corrected chi connectivity index (χ2v) is 7.06. The zero-order valence-electron chi connectivity index (χ0n) is 14.5. The van der Waals surface area contributed by atoms with Crippen molar-refractivity contribution in [1.82, 2.24) is 9.72 Å². The number of rotatable bonds is 2. The van der Waals surface area contributed by atoms with Crippen LogP contribution in [0.4, 0.5) is 5.69 Å². The van der Waals surface area contributed by atoms with Crippen molar-refractivity contribution in [1.29, 1.82) is 0 Å². The van der Waals surface area contributed by atoms with Gasteiger partial charge in [-0.25, -0.2) is 0 Å². The van der Waals surface area contributed by atoms with Crippen LogP contribution in [0.5, 0.6) is 0 Å². The van der Waals surface area contributed by atoms with Gasteiger partial charge in [-0.1, -0.05) is 16.8 Å². The first-order chi connectivity index (χ1) is 11.5. The first kappa shape index (κ1) is 18.1. The molecule has 3 heterocycles. The fourth-order valence-electron chi connectivity index (χ4n) is 3.58. The van der Waals surface area contributed by atoms with Crippen molar-refractivity contribution < 1.29 is 4.52 Å². The van der Waals surface area contributed by atoms with E-state index >= 15 is 0 Å². The summed E-state index contributed by atoms with van der Waals surface area (Å²) in [6.07, 6.45) is 0.986. The van der Waals surface area contributed by atoms with Gasteiger partial charge >= 0.3 is 0 Å². The normalized spacial score (nSPS) is 17.3. The summed E-state index contributed by atoms with van der Waals surface area (Å²) in [4.78, 5) is 2.26. The molecule has 0 spiro atoms. The third-order valence-corrected chi connectivity index (χ3v) is 5.36. The molecule has 1 aliphatic rings. The smallest absolute Gasteiger partial charge is 0.193 e. The molecule has 1 aromatic carbocycles. The lowest BCUT2D eigenvalue weighted by Gasteiger charge is -2.19. The summed E-state index contributed by atoms with van der Waals surface area (Å²) in [7, 11) is 0. The van der Waals surface area contributed by atoms with E-state index in [4.69, 9.17) is 21.9 Å². The van der Waals surface area contributed by atoms with Crippen LogP contribution in [-0.4, -0.2) is 28.9 Å². The minimum atomic E-state index is 0. The summed E-state index contributed by atoms with van der Waals surface area (Å²) in [6.45, 7) is 7.88. The molecular formula is C18H22Cl2N4O. The Hall–Kier alpha value is -1.69. The monoisotopic (exact) mass is 380 g/mol. The van der Waals surface area contributed by atoms with Crippen LogP contribution in [-0.2, 0) is 0 Å². The highest BCUT2D eigenvalue weighted by atomic mass is 35.5. The molecule has 5 nitrogen and oxygen atoms in total. The number of nitrogens with zero attached hydrogens (tertiary/aromatic N) is 3. The Morgan fingerprint density at radius 2 is 1.92 bits per heavy atom. The quantitative estimate of drug-likeness (QED) is 0.724. The fraction of sp³-hybridized carbons (Fsp3) is 0.389. The summed E-state index contributed by atoms with van der Waals surface area (Å²) in [5.41, 5.74) is 11.1. The topological polar surface area (TPSA) is 60.2 Å². The van der Waals surface area contributed by atoms with Crippen molar-refractivity contribution >= 4 is 40.7 Å². The predicted molar refractivity (Wildman–Crippen MR) is 105 cm³/mol. The minimum absolute atomic E-state index is 0. The second-order valence-electron chi connectivity index (χ2n) is 6.68. The van der Waals surface area contributed by atoms with Crippen molar-refractivity contribution in [3.8, 4) is 5.82 Å². The molecule has 25 heavy (non-hydrogen) atoms. The number of aromatic nitrogens is 2. The van der Waals surface area contributed by atoms with Crippen LogP contribution in [0.15, 0.2) is 22.7 Å². The maximum absolute atomic E-state index is 6.64. The van der Waals surface area contributed by atoms with Crippen molar-refractivity contribution in [3.05, 3.63) is 40.2 Å². The minimum Gasteiger partial charge on any atom is -0.367 e. The molecule has 1 aliphatic heterocycles.